The molecule has 0 bridgehead atoms. The Balaban J connectivity index is 1.55. The van der Waals surface area contributed by atoms with Crippen molar-refractivity contribution in [3.63, 3.8) is 0 Å². The average molecular weight is 298 g/mol. The fourth-order valence-electron chi connectivity index (χ4n) is 3.04. The minimum absolute atomic E-state index is 0.0955. The summed E-state index contributed by atoms with van der Waals surface area (Å²) < 4.78 is 1.74. The molecule has 1 aromatic carbocycles. The van der Waals surface area contributed by atoms with Crippen molar-refractivity contribution in [3.8, 4) is 0 Å². The van der Waals surface area contributed by atoms with Gasteiger partial charge in [0.05, 0.1) is 0 Å². The van der Waals surface area contributed by atoms with Gasteiger partial charge in [0.2, 0.25) is 0 Å². The van der Waals surface area contributed by atoms with Crippen LogP contribution in [0.3, 0.4) is 0 Å². The van der Waals surface area contributed by atoms with E-state index in [1.54, 1.807) is 17.0 Å². The van der Waals surface area contributed by atoms with Crippen molar-refractivity contribution < 1.29 is 4.79 Å². The molecule has 5 nitrogen and oxygen atoms in total. The van der Waals surface area contributed by atoms with Crippen LogP contribution in [0.4, 0.5) is 5.69 Å². The molecule has 1 saturated heterocycles. The summed E-state index contributed by atoms with van der Waals surface area (Å²) in [6.07, 6.45) is 4.53. The highest BCUT2D eigenvalue weighted by atomic mass is 16.2. The number of imidazole rings is 1. The number of para-hydroxylation sites is 1. The molecule has 5 heteroatoms. The predicted molar refractivity (Wildman–Crippen MR) is 87.0 cm³/mol. The van der Waals surface area contributed by atoms with E-state index in [1.807, 2.05) is 7.05 Å². The number of nitrogens with zero attached hydrogens (tertiary/aromatic N) is 3. The van der Waals surface area contributed by atoms with Crippen molar-refractivity contribution in [3.05, 3.63) is 48.0 Å². The number of aromatic nitrogens is 2. The van der Waals surface area contributed by atoms with E-state index >= 15 is 0 Å². The van der Waals surface area contributed by atoms with Gasteiger partial charge in [-0.2, -0.15) is 0 Å². The summed E-state index contributed by atoms with van der Waals surface area (Å²) in [6.45, 7) is 4.89. The van der Waals surface area contributed by atoms with Gasteiger partial charge in [-0.3, -0.25) is 4.79 Å². The molecule has 22 heavy (non-hydrogen) atoms. The summed E-state index contributed by atoms with van der Waals surface area (Å²) in [6, 6.07) is 8.47. The molecule has 116 valence electrons. The van der Waals surface area contributed by atoms with Crippen LogP contribution in [0, 0.1) is 12.8 Å². The zero-order valence-electron chi connectivity index (χ0n) is 13.1. The van der Waals surface area contributed by atoms with E-state index in [0.29, 0.717) is 18.3 Å². The zero-order valence-corrected chi connectivity index (χ0v) is 13.1. The third-order valence-electron chi connectivity index (χ3n) is 4.32. The minimum Gasteiger partial charge on any atom is -0.371 e. The molecule has 1 amide bonds. The van der Waals surface area contributed by atoms with Gasteiger partial charge >= 0.3 is 0 Å². The molecule has 0 radical (unpaired) electrons. The van der Waals surface area contributed by atoms with Crippen LogP contribution < -0.4 is 10.2 Å². The Morgan fingerprint density at radius 2 is 2.23 bits per heavy atom. The molecule has 0 saturated carbocycles. The lowest BCUT2D eigenvalue weighted by molar-refractivity contribution is 0.0935. The number of hydrogen-bond acceptors (Lipinski definition) is 3. The van der Waals surface area contributed by atoms with Gasteiger partial charge in [-0.15, -0.1) is 0 Å². The molecule has 0 spiro atoms. The van der Waals surface area contributed by atoms with Crippen molar-refractivity contribution in [1.82, 2.24) is 14.9 Å². The number of nitrogens with one attached hydrogen (secondary N) is 1. The van der Waals surface area contributed by atoms with Gasteiger partial charge in [0.1, 0.15) is 0 Å². The molecule has 1 atom stereocenters. The molecule has 1 aromatic heterocycles. The first-order chi connectivity index (χ1) is 10.6. The highest BCUT2D eigenvalue weighted by molar-refractivity contribution is 5.90. The van der Waals surface area contributed by atoms with E-state index in [9.17, 15) is 4.79 Å². The highest BCUT2D eigenvalue weighted by Crippen LogP contribution is 2.26. The van der Waals surface area contributed by atoms with Crippen LogP contribution in [0.15, 0.2) is 36.7 Å². The molecule has 2 aromatic rings. The van der Waals surface area contributed by atoms with Crippen LogP contribution in [-0.4, -0.2) is 35.1 Å². The predicted octanol–water partition coefficient (Wildman–Crippen LogP) is 1.98. The number of amides is 1. The van der Waals surface area contributed by atoms with Gasteiger partial charge in [-0.05, 0) is 30.9 Å². The summed E-state index contributed by atoms with van der Waals surface area (Å²) in [5, 5.41) is 3.01. The summed E-state index contributed by atoms with van der Waals surface area (Å²) in [5.74, 6) is 0.861. The first kappa shape index (κ1) is 14.6. The van der Waals surface area contributed by atoms with Gasteiger partial charge in [0, 0.05) is 44.8 Å². The van der Waals surface area contributed by atoms with Gasteiger partial charge < -0.3 is 14.8 Å². The third kappa shape index (κ3) is 2.98. The van der Waals surface area contributed by atoms with E-state index in [1.165, 1.54) is 11.3 Å². The number of rotatable bonds is 4. The summed E-state index contributed by atoms with van der Waals surface area (Å²) in [7, 11) is 1.83. The van der Waals surface area contributed by atoms with Crippen molar-refractivity contribution in [1.29, 1.82) is 0 Å². The molecule has 1 fully saturated rings. The molecular formula is C17H22N4O. The normalized spacial score (nSPS) is 17.7. The van der Waals surface area contributed by atoms with E-state index in [0.717, 1.165) is 19.5 Å². The van der Waals surface area contributed by atoms with Crippen LogP contribution in [-0.2, 0) is 7.05 Å². The van der Waals surface area contributed by atoms with Crippen molar-refractivity contribution >= 4 is 11.6 Å². The summed E-state index contributed by atoms with van der Waals surface area (Å²) >= 11 is 0. The Bertz CT molecular complexity index is 664. The Labute approximate surface area is 131 Å². The Morgan fingerprint density at radius 3 is 2.95 bits per heavy atom. The van der Waals surface area contributed by atoms with Crippen LogP contribution in [0.2, 0.25) is 0 Å². The number of hydrogen-bond donors (Lipinski definition) is 1. The van der Waals surface area contributed by atoms with Crippen LogP contribution in [0.25, 0.3) is 0 Å². The Kier molecular flexibility index (Phi) is 4.13. The SMILES string of the molecule is Cc1ccccc1N1CC[C@@H](CNC(=O)c2nccn2C)C1. The highest BCUT2D eigenvalue weighted by Gasteiger charge is 2.24. The number of anilines is 1. The molecule has 0 aliphatic carbocycles. The second-order valence-electron chi connectivity index (χ2n) is 5.96. The molecule has 3 rings (SSSR count). The van der Waals surface area contributed by atoms with E-state index in [4.69, 9.17) is 0 Å². The fraction of sp³-hybridized carbons (Fsp3) is 0.412. The first-order valence-corrected chi connectivity index (χ1v) is 7.71. The van der Waals surface area contributed by atoms with Crippen LogP contribution in [0.5, 0.6) is 0 Å². The number of carbonyl (C=O) groups is 1. The molecule has 0 unspecified atom stereocenters. The van der Waals surface area contributed by atoms with Gasteiger partial charge in [0.25, 0.3) is 5.91 Å². The first-order valence-electron chi connectivity index (χ1n) is 7.71. The second kappa shape index (κ2) is 6.22. The third-order valence-corrected chi connectivity index (χ3v) is 4.32. The standard InChI is InChI=1S/C17H22N4O/c1-13-5-3-4-6-15(13)21-9-7-14(12-21)11-19-17(22)16-18-8-10-20(16)2/h3-6,8,10,14H,7,9,11-12H2,1-2H3,(H,19,22)/t14-/m0/s1. The number of benzene rings is 1. The lowest BCUT2D eigenvalue weighted by atomic mass is 10.1. The van der Waals surface area contributed by atoms with Crippen molar-refractivity contribution in [2.24, 2.45) is 13.0 Å². The number of aryl methyl sites for hydroxylation is 2. The van der Waals surface area contributed by atoms with Gasteiger partial charge in [0.15, 0.2) is 5.82 Å². The van der Waals surface area contributed by atoms with E-state index < -0.39 is 0 Å². The second-order valence-corrected chi connectivity index (χ2v) is 5.96. The molecule has 1 aliphatic rings. The number of carbonyl (C=O) groups excluding carboxylic acids is 1. The maximum Gasteiger partial charge on any atom is 0.287 e. The monoisotopic (exact) mass is 298 g/mol. The van der Waals surface area contributed by atoms with E-state index in [-0.39, 0.29) is 5.91 Å². The van der Waals surface area contributed by atoms with Crippen LogP contribution >= 0.6 is 0 Å². The molecule has 1 aliphatic heterocycles. The lowest BCUT2D eigenvalue weighted by Gasteiger charge is -2.21. The molecule has 2 heterocycles. The average Bonchev–Trinajstić information content (AvgIpc) is 3.14. The summed E-state index contributed by atoms with van der Waals surface area (Å²) in [5.41, 5.74) is 2.61. The summed E-state index contributed by atoms with van der Waals surface area (Å²) in [4.78, 5) is 18.6. The van der Waals surface area contributed by atoms with Crippen molar-refractivity contribution in [2.75, 3.05) is 24.5 Å². The van der Waals surface area contributed by atoms with Crippen LogP contribution in [0.1, 0.15) is 22.6 Å². The van der Waals surface area contributed by atoms with Gasteiger partial charge in [-0.25, -0.2) is 4.98 Å². The topological polar surface area (TPSA) is 50.2 Å². The van der Waals surface area contributed by atoms with E-state index in [2.05, 4.69) is 46.4 Å². The largest absolute Gasteiger partial charge is 0.371 e. The zero-order chi connectivity index (χ0) is 15.5. The smallest absolute Gasteiger partial charge is 0.287 e. The fourth-order valence-corrected chi connectivity index (χ4v) is 3.04. The molecule has 1 N–H and O–H groups in total. The Hall–Kier alpha value is -2.30. The lowest BCUT2D eigenvalue weighted by Crippen LogP contribution is -2.32. The minimum atomic E-state index is -0.0955. The maximum atomic E-state index is 12.1. The molecular weight excluding hydrogens is 276 g/mol. The maximum absolute atomic E-state index is 12.1. The quantitative estimate of drug-likeness (QED) is 0.939. The van der Waals surface area contributed by atoms with Crippen molar-refractivity contribution in [2.45, 2.75) is 13.3 Å². The van der Waals surface area contributed by atoms with Gasteiger partial charge in [-0.1, -0.05) is 18.2 Å². The Morgan fingerprint density at radius 1 is 1.41 bits per heavy atom.